The number of likely N-dealkylation sites (N-methyl/N-ethyl adjacent to an activating group) is 1. The Kier molecular flexibility index (Phi) is 5.67. The molecule has 122 valence electrons. The zero-order valence-electron chi connectivity index (χ0n) is 14.0. The Morgan fingerprint density at radius 1 is 1.33 bits per heavy atom. The predicted octanol–water partition coefficient (Wildman–Crippen LogP) is 2.13. The summed E-state index contributed by atoms with van der Waals surface area (Å²) in [6, 6.07) is 0.808. The number of carbonyl (C=O) groups excluding carboxylic acids is 1. The minimum Gasteiger partial charge on any atom is -0.368 e. The van der Waals surface area contributed by atoms with Crippen LogP contribution in [-0.4, -0.2) is 42.5 Å². The van der Waals surface area contributed by atoms with Crippen LogP contribution in [0.15, 0.2) is 0 Å². The number of hydrogen-bond donors (Lipinski definition) is 2. The highest BCUT2D eigenvalue weighted by atomic mass is 16.1. The minimum absolute atomic E-state index is 0.160. The third kappa shape index (κ3) is 3.98. The second-order valence-electron chi connectivity index (χ2n) is 7.41. The van der Waals surface area contributed by atoms with Gasteiger partial charge in [-0.25, -0.2) is 0 Å². The molecule has 0 spiro atoms. The van der Waals surface area contributed by atoms with Gasteiger partial charge in [0.1, 0.15) is 5.54 Å². The van der Waals surface area contributed by atoms with Crippen molar-refractivity contribution in [3.05, 3.63) is 0 Å². The zero-order chi connectivity index (χ0) is 15.5. The lowest BCUT2D eigenvalue weighted by atomic mass is 9.84. The summed E-state index contributed by atoms with van der Waals surface area (Å²) in [6.07, 6.45) is 8.23. The number of nitrogens with two attached hydrogens (primary N) is 1. The highest BCUT2D eigenvalue weighted by molar-refractivity contribution is 5.85. The fourth-order valence-corrected chi connectivity index (χ4v) is 3.91. The quantitative estimate of drug-likeness (QED) is 0.685. The Balaban J connectivity index is 1.89. The Morgan fingerprint density at radius 2 is 2.05 bits per heavy atom. The predicted molar refractivity (Wildman–Crippen MR) is 87.0 cm³/mol. The van der Waals surface area contributed by atoms with E-state index in [1.807, 2.05) is 7.05 Å². The van der Waals surface area contributed by atoms with Gasteiger partial charge in [-0.15, -0.1) is 0 Å². The largest absolute Gasteiger partial charge is 0.368 e. The number of nitrogens with zero attached hydrogens (tertiary/aromatic N) is 1. The first-order valence-corrected chi connectivity index (χ1v) is 8.72. The van der Waals surface area contributed by atoms with Crippen molar-refractivity contribution in [3.63, 3.8) is 0 Å². The third-order valence-electron chi connectivity index (χ3n) is 5.53. The van der Waals surface area contributed by atoms with E-state index in [1.54, 1.807) is 0 Å². The second-order valence-corrected chi connectivity index (χ2v) is 7.41. The molecule has 2 fully saturated rings. The molecule has 0 saturated heterocycles. The lowest BCUT2D eigenvalue weighted by Crippen LogP contribution is -2.56. The van der Waals surface area contributed by atoms with E-state index in [9.17, 15) is 4.79 Å². The maximum absolute atomic E-state index is 11.9. The van der Waals surface area contributed by atoms with E-state index in [2.05, 4.69) is 24.1 Å². The molecule has 0 radical (unpaired) electrons. The van der Waals surface area contributed by atoms with Crippen LogP contribution in [0.1, 0.15) is 58.8 Å². The van der Waals surface area contributed by atoms with Gasteiger partial charge in [0.25, 0.3) is 0 Å². The van der Waals surface area contributed by atoms with Crippen molar-refractivity contribution < 1.29 is 4.79 Å². The van der Waals surface area contributed by atoms with Crippen LogP contribution in [0.2, 0.25) is 0 Å². The molecular weight excluding hydrogens is 262 g/mol. The normalized spacial score (nSPS) is 29.5. The maximum Gasteiger partial charge on any atom is 0.238 e. The molecular formula is C17H33N3O. The van der Waals surface area contributed by atoms with E-state index in [1.165, 1.54) is 25.8 Å². The first-order valence-electron chi connectivity index (χ1n) is 8.72. The summed E-state index contributed by atoms with van der Waals surface area (Å²) in [5.74, 6) is 1.01. The average molecular weight is 295 g/mol. The molecule has 3 N–H and O–H groups in total. The van der Waals surface area contributed by atoms with Crippen LogP contribution in [0.25, 0.3) is 0 Å². The summed E-state index contributed by atoms with van der Waals surface area (Å²) in [6.45, 7) is 6.92. The molecule has 0 heterocycles. The number of primary amides is 1. The van der Waals surface area contributed by atoms with Crippen molar-refractivity contribution in [2.75, 3.05) is 20.1 Å². The molecule has 1 amide bonds. The molecule has 2 rings (SSSR count). The van der Waals surface area contributed by atoms with Crippen LogP contribution in [-0.2, 0) is 4.79 Å². The van der Waals surface area contributed by atoms with Crippen LogP contribution in [0, 0.1) is 11.8 Å². The molecule has 21 heavy (non-hydrogen) atoms. The summed E-state index contributed by atoms with van der Waals surface area (Å²) >= 11 is 0. The van der Waals surface area contributed by atoms with Gasteiger partial charge in [-0.05, 0) is 70.5 Å². The summed E-state index contributed by atoms with van der Waals surface area (Å²) in [5, 5.41) is 3.25. The van der Waals surface area contributed by atoms with Gasteiger partial charge < -0.3 is 16.0 Å². The van der Waals surface area contributed by atoms with Crippen LogP contribution < -0.4 is 11.1 Å². The molecule has 0 aromatic rings. The Bertz CT molecular complexity index is 354. The van der Waals surface area contributed by atoms with Gasteiger partial charge in [-0.2, -0.15) is 0 Å². The standard InChI is InChI=1S/C17H33N3O/c1-13(2)8-11-20(15-6-7-15)12-9-14-5-4-10-17(14,19-3)16(18)21/h13-15,19H,4-12H2,1-3H3,(H2,18,21). The molecule has 0 aliphatic heterocycles. The van der Waals surface area contributed by atoms with Crippen LogP contribution in [0.4, 0.5) is 0 Å². The molecule has 0 aromatic heterocycles. The topological polar surface area (TPSA) is 58.4 Å². The highest BCUT2D eigenvalue weighted by Crippen LogP contribution is 2.38. The Morgan fingerprint density at radius 3 is 2.57 bits per heavy atom. The van der Waals surface area contributed by atoms with Gasteiger partial charge >= 0.3 is 0 Å². The molecule has 4 nitrogen and oxygen atoms in total. The molecule has 0 aromatic carbocycles. The number of carbonyl (C=O) groups is 1. The van der Waals surface area contributed by atoms with Crippen molar-refractivity contribution in [1.29, 1.82) is 0 Å². The maximum atomic E-state index is 11.9. The van der Waals surface area contributed by atoms with Crippen molar-refractivity contribution in [3.8, 4) is 0 Å². The Labute approximate surface area is 129 Å². The van der Waals surface area contributed by atoms with Crippen molar-refractivity contribution in [1.82, 2.24) is 10.2 Å². The molecule has 0 bridgehead atoms. The van der Waals surface area contributed by atoms with Gasteiger partial charge in [0, 0.05) is 6.04 Å². The molecule has 2 saturated carbocycles. The Hall–Kier alpha value is -0.610. The fraction of sp³-hybridized carbons (Fsp3) is 0.941. The highest BCUT2D eigenvalue weighted by Gasteiger charge is 2.46. The first-order chi connectivity index (χ1) is 9.99. The third-order valence-corrected chi connectivity index (χ3v) is 5.53. The minimum atomic E-state index is -0.451. The second kappa shape index (κ2) is 7.10. The number of amides is 1. The molecule has 2 aliphatic rings. The summed E-state index contributed by atoms with van der Waals surface area (Å²) in [7, 11) is 1.89. The van der Waals surface area contributed by atoms with Crippen LogP contribution >= 0.6 is 0 Å². The van der Waals surface area contributed by atoms with Crippen LogP contribution in [0.5, 0.6) is 0 Å². The lowest BCUT2D eigenvalue weighted by molar-refractivity contribution is -0.125. The van der Waals surface area contributed by atoms with Gasteiger partial charge in [0.05, 0.1) is 0 Å². The molecule has 4 heteroatoms. The average Bonchev–Trinajstić information content (AvgIpc) is 3.18. The fourth-order valence-electron chi connectivity index (χ4n) is 3.91. The number of hydrogen-bond acceptors (Lipinski definition) is 3. The van der Waals surface area contributed by atoms with E-state index in [0.29, 0.717) is 5.92 Å². The monoisotopic (exact) mass is 295 g/mol. The molecule has 2 atom stereocenters. The van der Waals surface area contributed by atoms with Crippen molar-refractivity contribution >= 4 is 5.91 Å². The SMILES string of the molecule is CNC1(C(N)=O)CCCC1CCN(CCC(C)C)C1CC1. The number of nitrogens with one attached hydrogen (secondary N) is 1. The van der Waals surface area contributed by atoms with Gasteiger partial charge in [0.15, 0.2) is 0 Å². The van der Waals surface area contributed by atoms with Crippen molar-refractivity contribution in [2.24, 2.45) is 17.6 Å². The summed E-state index contributed by atoms with van der Waals surface area (Å²) < 4.78 is 0. The zero-order valence-corrected chi connectivity index (χ0v) is 14.0. The van der Waals surface area contributed by atoms with Gasteiger partial charge in [-0.3, -0.25) is 4.79 Å². The summed E-state index contributed by atoms with van der Waals surface area (Å²) in [4.78, 5) is 14.6. The first kappa shape index (κ1) is 16.8. The molecule has 2 aliphatic carbocycles. The summed E-state index contributed by atoms with van der Waals surface area (Å²) in [5.41, 5.74) is 5.24. The van der Waals surface area contributed by atoms with E-state index in [4.69, 9.17) is 5.73 Å². The van der Waals surface area contributed by atoms with E-state index in [-0.39, 0.29) is 5.91 Å². The van der Waals surface area contributed by atoms with Crippen molar-refractivity contribution in [2.45, 2.75) is 70.4 Å². The lowest BCUT2D eigenvalue weighted by Gasteiger charge is -2.34. The van der Waals surface area contributed by atoms with Gasteiger partial charge in [-0.1, -0.05) is 20.3 Å². The molecule has 2 unspecified atom stereocenters. The van der Waals surface area contributed by atoms with Crippen LogP contribution in [0.3, 0.4) is 0 Å². The smallest absolute Gasteiger partial charge is 0.238 e. The van der Waals surface area contributed by atoms with Gasteiger partial charge in [0.2, 0.25) is 5.91 Å². The number of rotatable bonds is 9. The van der Waals surface area contributed by atoms with E-state index >= 15 is 0 Å². The van der Waals surface area contributed by atoms with E-state index < -0.39 is 5.54 Å². The van der Waals surface area contributed by atoms with E-state index in [0.717, 1.165) is 44.2 Å².